The molecule has 5 nitrogen and oxygen atoms in total. The van der Waals surface area contributed by atoms with Crippen molar-refractivity contribution in [3.05, 3.63) is 24.3 Å². The summed E-state index contributed by atoms with van der Waals surface area (Å²) in [5.74, 6) is 0.644. The van der Waals surface area contributed by atoms with Crippen molar-refractivity contribution in [2.75, 3.05) is 11.1 Å². The molecule has 0 aliphatic rings. The molecule has 6 heteroatoms. The highest BCUT2D eigenvalue weighted by Crippen LogP contribution is 2.34. The third-order valence-electron chi connectivity index (χ3n) is 2.44. The zero-order valence-electron chi connectivity index (χ0n) is 11.6. The Hall–Kier alpha value is -2.08. The van der Waals surface area contributed by atoms with Gasteiger partial charge in [-0.15, -0.1) is 0 Å². The van der Waals surface area contributed by atoms with Crippen LogP contribution in [0.2, 0.25) is 0 Å². The van der Waals surface area contributed by atoms with Gasteiger partial charge in [-0.25, -0.2) is 4.98 Å². The summed E-state index contributed by atoms with van der Waals surface area (Å²) in [4.78, 5) is 15.3. The number of amides is 1. The highest BCUT2D eigenvalue weighted by atomic mass is 32.1. The minimum absolute atomic E-state index is 0.136. The number of anilines is 2. The molecule has 0 atom stereocenters. The average Bonchev–Trinajstić information content (AvgIpc) is 2.69. The van der Waals surface area contributed by atoms with Crippen LogP contribution in [0.3, 0.4) is 0 Å². The zero-order valence-corrected chi connectivity index (χ0v) is 12.5. The summed E-state index contributed by atoms with van der Waals surface area (Å²) in [7, 11) is 0. The van der Waals surface area contributed by atoms with Gasteiger partial charge in [-0.05, 0) is 38.1 Å². The Bertz CT molecular complexity index is 605. The van der Waals surface area contributed by atoms with Crippen molar-refractivity contribution in [3.8, 4) is 17.0 Å². The number of hydrogen-bond donors (Lipinski definition) is 2. The number of hydrogen-bond acceptors (Lipinski definition) is 5. The van der Waals surface area contributed by atoms with Gasteiger partial charge in [0.25, 0.3) is 0 Å². The SMILES string of the molecule is CC(=O)Nc1nc(-c2ccc(OC(C)C)cc2)c(N)s1. The van der Waals surface area contributed by atoms with Crippen LogP contribution in [0.15, 0.2) is 24.3 Å². The largest absolute Gasteiger partial charge is 0.491 e. The zero-order chi connectivity index (χ0) is 14.7. The number of nitrogens with two attached hydrogens (primary N) is 1. The van der Waals surface area contributed by atoms with Crippen LogP contribution in [0.4, 0.5) is 10.1 Å². The number of nitrogens with one attached hydrogen (secondary N) is 1. The lowest BCUT2D eigenvalue weighted by Gasteiger charge is -2.09. The van der Waals surface area contributed by atoms with E-state index in [1.807, 2.05) is 38.1 Å². The number of carbonyl (C=O) groups excluding carboxylic acids is 1. The smallest absolute Gasteiger partial charge is 0.223 e. The fraction of sp³-hybridized carbons (Fsp3) is 0.286. The van der Waals surface area contributed by atoms with Gasteiger partial charge in [-0.1, -0.05) is 11.3 Å². The van der Waals surface area contributed by atoms with E-state index >= 15 is 0 Å². The van der Waals surface area contributed by atoms with Gasteiger partial charge in [0.2, 0.25) is 5.91 Å². The van der Waals surface area contributed by atoms with E-state index < -0.39 is 0 Å². The Morgan fingerprint density at radius 1 is 1.35 bits per heavy atom. The summed E-state index contributed by atoms with van der Waals surface area (Å²) in [6.07, 6.45) is 0.136. The number of benzene rings is 1. The molecule has 0 saturated heterocycles. The lowest BCUT2D eigenvalue weighted by Crippen LogP contribution is -2.05. The molecule has 0 unspecified atom stereocenters. The molecule has 1 heterocycles. The molecule has 0 bridgehead atoms. The van der Waals surface area contributed by atoms with E-state index in [1.165, 1.54) is 18.3 Å². The maximum absolute atomic E-state index is 11.0. The van der Waals surface area contributed by atoms with Gasteiger partial charge in [-0.2, -0.15) is 0 Å². The van der Waals surface area contributed by atoms with Gasteiger partial charge in [0.05, 0.1) is 6.10 Å². The van der Waals surface area contributed by atoms with Crippen LogP contribution in [0, 0.1) is 0 Å². The predicted octanol–water partition coefficient (Wildman–Crippen LogP) is 3.14. The second kappa shape index (κ2) is 5.92. The quantitative estimate of drug-likeness (QED) is 0.907. The van der Waals surface area contributed by atoms with Crippen molar-refractivity contribution < 1.29 is 9.53 Å². The number of thiazole rings is 1. The fourth-order valence-electron chi connectivity index (χ4n) is 1.71. The molecular formula is C14H17N3O2S. The van der Waals surface area contributed by atoms with Gasteiger partial charge in [0, 0.05) is 12.5 Å². The topological polar surface area (TPSA) is 77.2 Å². The van der Waals surface area contributed by atoms with Crippen LogP contribution in [0.25, 0.3) is 11.3 Å². The minimum Gasteiger partial charge on any atom is -0.491 e. The minimum atomic E-state index is -0.161. The average molecular weight is 291 g/mol. The number of ether oxygens (including phenoxy) is 1. The molecule has 0 spiro atoms. The molecule has 106 valence electrons. The Morgan fingerprint density at radius 2 is 2.00 bits per heavy atom. The van der Waals surface area contributed by atoms with Gasteiger partial charge in [-0.3, -0.25) is 4.79 Å². The normalized spacial score (nSPS) is 10.6. The Balaban J connectivity index is 2.23. The number of nitrogens with zero attached hydrogens (tertiary/aromatic N) is 1. The predicted molar refractivity (Wildman–Crippen MR) is 82.0 cm³/mol. The van der Waals surface area contributed by atoms with Crippen LogP contribution in [-0.4, -0.2) is 17.0 Å². The van der Waals surface area contributed by atoms with E-state index in [9.17, 15) is 4.79 Å². The summed E-state index contributed by atoms with van der Waals surface area (Å²) in [6, 6.07) is 7.57. The van der Waals surface area contributed by atoms with E-state index in [1.54, 1.807) is 0 Å². The van der Waals surface area contributed by atoms with Gasteiger partial charge < -0.3 is 15.8 Å². The van der Waals surface area contributed by atoms with Gasteiger partial charge in [0.1, 0.15) is 16.4 Å². The molecule has 0 fully saturated rings. The van der Waals surface area contributed by atoms with Crippen molar-refractivity contribution in [1.82, 2.24) is 4.98 Å². The van der Waals surface area contributed by atoms with Crippen molar-refractivity contribution >= 4 is 27.4 Å². The van der Waals surface area contributed by atoms with Crippen molar-refractivity contribution in [2.45, 2.75) is 26.9 Å². The number of carbonyl (C=O) groups is 1. The molecule has 2 aromatic rings. The highest BCUT2D eigenvalue weighted by molar-refractivity contribution is 7.20. The molecule has 0 radical (unpaired) electrons. The van der Waals surface area contributed by atoms with Crippen LogP contribution >= 0.6 is 11.3 Å². The van der Waals surface area contributed by atoms with Crippen LogP contribution in [-0.2, 0) is 4.79 Å². The van der Waals surface area contributed by atoms with E-state index in [0.29, 0.717) is 15.8 Å². The third-order valence-corrected chi connectivity index (χ3v) is 3.24. The molecule has 1 aromatic carbocycles. The summed E-state index contributed by atoms with van der Waals surface area (Å²) in [5, 5.41) is 3.72. The maximum Gasteiger partial charge on any atom is 0.223 e. The molecule has 1 amide bonds. The Labute approximate surface area is 121 Å². The van der Waals surface area contributed by atoms with Crippen LogP contribution in [0.5, 0.6) is 5.75 Å². The Morgan fingerprint density at radius 3 is 2.55 bits per heavy atom. The first-order valence-electron chi connectivity index (χ1n) is 6.26. The molecule has 2 rings (SSSR count). The first kappa shape index (κ1) is 14.3. The maximum atomic E-state index is 11.0. The molecule has 0 aliphatic carbocycles. The van der Waals surface area contributed by atoms with Crippen molar-refractivity contribution in [3.63, 3.8) is 0 Å². The number of aromatic nitrogens is 1. The highest BCUT2D eigenvalue weighted by Gasteiger charge is 2.11. The summed E-state index contributed by atoms with van der Waals surface area (Å²) < 4.78 is 5.59. The van der Waals surface area contributed by atoms with Crippen LogP contribution in [0.1, 0.15) is 20.8 Å². The fourth-order valence-corrected chi connectivity index (χ4v) is 2.51. The molecule has 1 aromatic heterocycles. The standard InChI is InChI=1S/C14H17N3O2S/c1-8(2)19-11-6-4-10(5-7-11)12-13(15)20-14(17-12)16-9(3)18/h4-8H,15H2,1-3H3,(H,16,17,18). The van der Waals surface area contributed by atoms with E-state index in [2.05, 4.69) is 10.3 Å². The second-order valence-corrected chi connectivity index (χ2v) is 5.63. The molecule has 3 N–H and O–H groups in total. The first-order valence-corrected chi connectivity index (χ1v) is 7.08. The van der Waals surface area contributed by atoms with E-state index in [-0.39, 0.29) is 12.0 Å². The third kappa shape index (κ3) is 3.48. The molecule has 20 heavy (non-hydrogen) atoms. The summed E-state index contributed by atoms with van der Waals surface area (Å²) >= 11 is 1.26. The van der Waals surface area contributed by atoms with E-state index in [4.69, 9.17) is 10.5 Å². The molecule has 0 saturated carbocycles. The van der Waals surface area contributed by atoms with Gasteiger partial charge in [0.15, 0.2) is 5.13 Å². The summed E-state index contributed by atoms with van der Waals surface area (Å²) in [5.41, 5.74) is 7.51. The van der Waals surface area contributed by atoms with Crippen LogP contribution < -0.4 is 15.8 Å². The lowest BCUT2D eigenvalue weighted by molar-refractivity contribution is -0.114. The number of nitrogen functional groups attached to an aromatic ring is 1. The lowest BCUT2D eigenvalue weighted by atomic mass is 10.1. The summed E-state index contributed by atoms with van der Waals surface area (Å²) in [6.45, 7) is 5.40. The van der Waals surface area contributed by atoms with Gasteiger partial charge >= 0.3 is 0 Å². The first-order chi connectivity index (χ1) is 9.45. The number of rotatable bonds is 4. The monoisotopic (exact) mass is 291 g/mol. The Kier molecular flexibility index (Phi) is 4.24. The second-order valence-electron chi connectivity index (χ2n) is 4.60. The molecule has 0 aliphatic heterocycles. The van der Waals surface area contributed by atoms with E-state index in [0.717, 1.165) is 11.3 Å². The van der Waals surface area contributed by atoms with Crippen molar-refractivity contribution in [1.29, 1.82) is 0 Å². The van der Waals surface area contributed by atoms with Crippen molar-refractivity contribution in [2.24, 2.45) is 0 Å². The molecular weight excluding hydrogens is 274 g/mol.